The third-order valence-corrected chi connectivity index (χ3v) is 9.50. The summed E-state index contributed by atoms with van der Waals surface area (Å²) >= 11 is 0. The van der Waals surface area contributed by atoms with Crippen LogP contribution < -0.4 is 4.90 Å². The Morgan fingerprint density at radius 1 is 0.300 bits per heavy atom. The van der Waals surface area contributed by atoms with E-state index in [2.05, 4.69) is 193 Å². The van der Waals surface area contributed by atoms with Crippen LogP contribution in [0.5, 0.6) is 0 Å². The molecule has 236 valence electrons. The van der Waals surface area contributed by atoms with Gasteiger partial charge < -0.3 is 9.32 Å². The minimum atomic E-state index is 0.894. The van der Waals surface area contributed by atoms with Crippen LogP contribution in [0.2, 0.25) is 0 Å². The molecule has 50 heavy (non-hydrogen) atoms. The molecule has 0 radical (unpaired) electrons. The third kappa shape index (κ3) is 5.43. The van der Waals surface area contributed by atoms with E-state index in [0.29, 0.717) is 0 Å². The van der Waals surface area contributed by atoms with Gasteiger partial charge in [-0.05, 0) is 93.0 Å². The maximum atomic E-state index is 6.31. The Hall–Kier alpha value is -6.64. The van der Waals surface area contributed by atoms with Crippen LogP contribution in [0.4, 0.5) is 17.1 Å². The number of rotatable bonds is 7. The number of furan rings is 1. The predicted molar refractivity (Wildman–Crippen MR) is 210 cm³/mol. The highest BCUT2D eigenvalue weighted by atomic mass is 16.3. The van der Waals surface area contributed by atoms with Gasteiger partial charge in [0.1, 0.15) is 11.2 Å². The molecular weight excluding hydrogens is 607 g/mol. The van der Waals surface area contributed by atoms with E-state index in [0.717, 1.165) is 61.3 Å². The lowest BCUT2D eigenvalue weighted by atomic mass is 9.91. The van der Waals surface area contributed by atoms with E-state index in [1.165, 1.54) is 22.3 Å². The number of nitrogens with zero attached hydrogens (tertiary/aromatic N) is 1. The zero-order valence-corrected chi connectivity index (χ0v) is 27.4. The van der Waals surface area contributed by atoms with E-state index < -0.39 is 0 Å². The molecule has 0 N–H and O–H groups in total. The minimum absolute atomic E-state index is 0.894. The molecule has 2 heteroatoms. The predicted octanol–water partition coefficient (Wildman–Crippen LogP) is 13.7. The first-order valence-corrected chi connectivity index (χ1v) is 17.0. The van der Waals surface area contributed by atoms with Gasteiger partial charge in [0.05, 0.1) is 0 Å². The van der Waals surface area contributed by atoms with Crippen molar-refractivity contribution < 1.29 is 4.42 Å². The highest BCUT2D eigenvalue weighted by molar-refractivity contribution is 6.13. The molecule has 0 aliphatic rings. The van der Waals surface area contributed by atoms with Crippen LogP contribution in [-0.4, -0.2) is 0 Å². The van der Waals surface area contributed by atoms with Gasteiger partial charge in [0.25, 0.3) is 0 Å². The number of anilines is 3. The Morgan fingerprint density at radius 2 is 0.780 bits per heavy atom. The second-order valence-corrected chi connectivity index (χ2v) is 12.5. The van der Waals surface area contributed by atoms with E-state index in [-0.39, 0.29) is 0 Å². The van der Waals surface area contributed by atoms with Crippen LogP contribution in [0.1, 0.15) is 0 Å². The number of hydrogen-bond acceptors (Lipinski definition) is 2. The molecule has 9 rings (SSSR count). The van der Waals surface area contributed by atoms with Gasteiger partial charge in [-0.2, -0.15) is 0 Å². The van der Waals surface area contributed by atoms with E-state index in [4.69, 9.17) is 4.42 Å². The highest BCUT2D eigenvalue weighted by Gasteiger charge is 2.19. The van der Waals surface area contributed by atoms with E-state index in [1.807, 2.05) is 12.1 Å². The topological polar surface area (TPSA) is 16.4 Å². The molecule has 0 aliphatic heterocycles. The molecule has 0 fully saturated rings. The lowest BCUT2D eigenvalue weighted by molar-refractivity contribution is 0.669. The van der Waals surface area contributed by atoms with Gasteiger partial charge in [0.2, 0.25) is 0 Å². The monoisotopic (exact) mass is 639 g/mol. The average molecular weight is 640 g/mol. The maximum absolute atomic E-state index is 6.31. The summed E-state index contributed by atoms with van der Waals surface area (Å²) in [5, 5.41) is 2.26. The van der Waals surface area contributed by atoms with Gasteiger partial charge in [-0.1, -0.05) is 152 Å². The summed E-state index contributed by atoms with van der Waals surface area (Å²) in [7, 11) is 0. The van der Waals surface area contributed by atoms with Crippen molar-refractivity contribution in [2.24, 2.45) is 0 Å². The minimum Gasteiger partial charge on any atom is -0.456 e. The SMILES string of the molecule is c1ccc(-c2ccc(N(c3ccc(-c4ccccc4)cc3)c3ccc(-c4cccc5oc6ccccc6c45)c(-c4ccccc4)c3)cc2)cc1. The number of benzene rings is 8. The van der Waals surface area contributed by atoms with Gasteiger partial charge >= 0.3 is 0 Å². The lowest BCUT2D eigenvalue weighted by Crippen LogP contribution is -2.10. The molecule has 0 saturated carbocycles. The summed E-state index contributed by atoms with van der Waals surface area (Å²) in [5.74, 6) is 0. The average Bonchev–Trinajstić information content (AvgIpc) is 3.59. The summed E-state index contributed by atoms with van der Waals surface area (Å²) in [6.45, 7) is 0. The summed E-state index contributed by atoms with van der Waals surface area (Å²) in [4.78, 5) is 2.35. The fourth-order valence-corrected chi connectivity index (χ4v) is 7.08. The number of para-hydroxylation sites is 1. The summed E-state index contributed by atoms with van der Waals surface area (Å²) in [6, 6.07) is 71.1. The van der Waals surface area contributed by atoms with Crippen molar-refractivity contribution in [1.29, 1.82) is 0 Å². The van der Waals surface area contributed by atoms with E-state index in [9.17, 15) is 0 Å². The zero-order valence-electron chi connectivity index (χ0n) is 27.4. The van der Waals surface area contributed by atoms with E-state index >= 15 is 0 Å². The summed E-state index contributed by atoms with van der Waals surface area (Å²) < 4.78 is 6.31. The van der Waals surface area contributed by atoms with Gasteiger partial charge in [-0.25, -0.2) is 0 Å². The molecule has 0 atom stereocenters. The molecule has 0 amide bonds. The first-order chi connectivity index (χ1) is 24.8. The van der Waals surface area contributed by atoms with Crippen LogP contribution in [0.25, 0.3) is 66.4 Å². The van der Waals surface area contributed by atoms with Crippen molar-refractivity contribution in [2.75, 3.05) is 4.90 Å². The molecule has 1 heterocycles. The van der Waals surface area contributed by atoms with Gasteiger partial charge in [0, 0.05) is 27.8 Å². The van der Waals surface area contributed by atoms with Gasteiger partial charge in [0.15, 0.2) is 0 Å². The highest BCUT2D eigenvalue weighted by Crippen LogP contribution is 2.44. The summed E-state index contributed by atoms with van der Waals surface area (Å²) in [5.41, 5.74) is 14.5. The van der Waals surface area contributed by atoms with Crippen LogP contribution in [0.15, 0.2) is 205 Å². The molecule has 0 unspecified atom stereocenters. The normalized spacial score (nSPS) is 11.2. The Bertz CT molecular complexity index is 2470. The molecule has 2 nitrogen and oxygen atoms in total. The van der Waals surface area contributed by atoms with Crippen molar-refractivity contribution in [1.82, 2.24) is 0 Å². The van der Waals surface area contributed by atoms with E-state index in [1.54, 1.807) is 0 Å². The van der Waals surface area contributed by atoms with Crippen molar-refractivity contribution in [3.8, 4) is 44.5 Å². The number of hydrogen-bond donors (Lipinski definition) is 0. The van der Waals surface area contributed by atoms with Crippen LogP contribution in [0.3, 0.4) is 0 Å². The zero-order chi connectivity index (χ0) is 33.3. The molecule has 9 aromatic rings. The van der Waals surface area contributed by atoms with Crippen molar-refractivity contribution >= 4 is 39.0 Å². The van der Waals surface area contributed by atoms with Crippen LogP contribution in [-0.2, 0) is 0 Å². The smallest absolute Gasteiger partial charge is 0.136 e. The molecule has 8 aromatic carbocycles. The molecule has 0 spiro atoms. The quantitative estimate of drug-likeness (QED) is 0.173. The van der Waals surface area contributed by atoms with Crippen molar-refractivity contribution in [3.05, 3.63) is 200 Å². The van der Waals surface area contributed by atoms with Crippen molar-refractivity contribution in [3.63, 3.8) is 0 Å². The number of fused-ring (bicyclic) bond motifs is 3. The maximum Gasteiger partial charge on any atom is 0.136 e. The Labute approximate surface area is 292 Å². The second kappa shape index (κ2) is 12.8. The standard InChI is InChI=1S/C48H33NO/c1-4-13-34(14-5-1)36-23-27-39(28-24-36)49(40-29-25-37(26-30-40)35-15-6-2-7-16-35)41-31-32-42(45(33-41)38-17-8-3-9-18-38)43-20-12-22-47-48(43)44-19-10-11-21-46(44)50-47/h1-33H. The first kappa shape index (κ1) is 29.5. The first-order valence-electron chi connectivity index (χ1n) is 17.0. The molecule has 0 aliphatic carbocycles. The van der Waals surface area contributed by atoms with Gasteiger partial charge in [-0.15, -0.1) is 0 Å². The Morgan fingerprint density at radius 3 is 1.38 bits per heavy atom. The largest absolute Gasteiger partial charge is 0.456 e. The van der Waals surface area contributed by atoms with Crippen molar-refractivity contribution in [2.45, 2.75) is 0 Å². The molecular formula is C48H33NO. The third-order valence-electron chi connectivity index (χ3n) is 9.50. The second-order valence-electron chi connectivity index (χ2n) is 12.5. The van der Waals surface area contributed by atoms with Crippen LogP contribution >= 0.6 is 0 Å². The Kier molecular flexibility index (Phi) is 7.53. The molecule has 1 aromatic heterocycles. The molecule has 0 bridgehead atoms. The Balaban J connectivity index is 1.22. The summed E-state index contributed by atoms with van der Waals surface area (Å²) in [6.07, 6.45) is 0. The van der Waals surface area contributed by atoms with Crippen LogP contribution in [0, 0.1) is 0 Å². The molecule has 0 saturated heterocycles. The fourth-order valence-electron chi connectivity index (χ4n) is 7.08. The lowest BCUT2D eigenvalue weighted by Gasteiger charge is -2.27. The fraction of sp³-hybridized carbons (Fsp3) is 0. The van der Waals surface area contributed by atoms with Gasteiger partial charge in [-0.3, -0.25) is 0 Å².